The molecule has 1 rings (SSSR count). The van der Waals surface area contributed by atoms with Crippen molar-refractivity contribution < 1.29 is 19.1 Å². The molecule has 0 aliphatic heterocycles. The molecular weight excluding hydrogens is 256 g/mol. The van der Waals surface area contributed by atoms with Crippen molar-refractivity contribution in [2.24, 2.45) is 0 Å². The molecule has 108 valence electrons. The summed E-state index contributed by atoms with van der Waals surface area (Å²) in [5.74, 6) is -0.899. The first-order valence-corrected chi connectivity index (χ1v) is 6.63. The van der Waals surface area contributed by atoms with E-state index in [1.165, 1.54) is 6.07 Å². The molecule has 0 saturated carbocycles. The standard InChI is InChI=1S/C16H20O4/c1-4-5-9-19-15(17)13-7-6-8-14(10-13)16(18)20-11-12(2)3/h6-8,10H,2,4-5,9,11H2,1,3H3. The summed E-state index contributed by atoms with van der Waals surface area (Å²) in [5.41, 5.74) is 1.44. The van der Waals surface area contributed by atoms with E-state index in [0.717, 1.165) is 18.4 Å². The predicted octanol–water partition coefficient (Wildman–Crippen LogP) is 3.38. The van der Waals surface area contributed by atoms with Crippen LogP contribution in [0, 0.1) is 0 Å². The van der Waals surface area contributed by atoms with E-state index < -0.39 is 11.9 Å². The summed E-state index contributed by atoms with van der Waals surface area (Å²) in [5, 5.41) is 0. The van der Waals surface area contributed by atoms with E-state index in [0.29, 0.717) is 17.7 Å². The SMILES string of the molecule is C=C(C)COC(=O)c1cccc(C(=O)OCCCC)c1. The van der Waals surface area contributed by atoms with Gasteiger partial charge in [0, 0.05) is 0 Å². The van der Waals surface area contributed by atoms with E-state index >= 15 is 0 Å². The molecule has 0 heterocycles. The number of carbonyl (C=O) groups is 2. The Morgan fingerprint density at radius 1 is 1.15 bits per heavy atom. The van der Waals surface area contributed by atoms with Gasteiger partial charge in [0.1, 0.15) is 6.61 Å². The summed E-state index contributed by atoms with van der Waals surface area (Å²) >= 11 is 0. The van der Waals surface area contributed by atoms with Crippen LogP contribution in [-0.2, 0) is 9.47 Å². The first-order chi connectivity index (χ1) is 9.54. The second-order valence-corrected chi connectivity index (χ2v) is 4.60. The lowest BCUT2D eigenvalue weighted by Gasteiger charge is -2.07. The topological polar surface area (TPSA) is 52.6 Å². The number of carbonyl (C=O) groups excluding carboxylic acids is 2. The molecule has 0 bridgehead atoms. The lowest BCUT2D eigenvalue weighted by molar-refractivity contribution is 0.0499. The number of rotatable bonds is 7. The zero-order valence-electron chi connectivity index (χ0n) is 12.0. The van der Waals surface area contributed by atoms with Crippen LogP contribution in [0.5, 0.6) is 0 Å². The van der Waals surface area contributed by atoms with Gasteiger partial charge in [0.15, 0.2) is 0 Å². The largest absolute Gasteiger partial charge is 0.462 e. The van der Waals surface area contributed by atoms with Gasteiger partial charge in [-0.2, -0.15) is 0 Å². The molecule has 0 amide bonds. The molecule has 0 unspecified atom stereocenters. The summed E-state index contributed by atoms with van der Waals surface area (Å²) in [6, 6.07) is 6.33. The lowest BCUT2D eigenvalue weighted by atomic mass is 10.1. The summed E-state index contributed by atoms with van der Waals surface area (Å²) in [6.45, 7) is 8.01. The van der Waals surface area contributed by atoms with Crippen LogP contribution in [0.3, 0.4) is 0 Å². The van der Waals surface area contributed by atoms with Crippen LogP contribution >= 0.6 is 0 Å². The summed E-state index contributed by atoms with van der Waals surface area (Å²) in [6.07, 6.45) is 1.78. The number of unbranched alkanes of at least 4 members (excludes halogenated alkanes) is 1. The minimum absolute atomic E-state index is 0.171. The minimum Gasteiger partial charge on any atom is -0.462 e. The Labute approximate surface area is 119 Å². The molecule has 0 saturated heterocycles. The molecular formula is C16H20O4. The van der Waals surface area contributed by atoms with E-state index in [1.807, 2.05) is 6.92 Å². The monoisotopic (exact) mass is 276 g/mol. The van der Waals surface area contributed by atoms with Crippen LogP contribution < -0.4 is 0 Å². The fourth-order valence-electron chi connectivity index (χ4n) is 1.44. The van der Waals surface area contributed by atoms with Crippen molar-refractivity contribution in [2.45, 2.75) is 26.7 Å². The minimum atomic E-state index is -0.476. The lowest BCUT2D eigenvalue weighted by Crippen LogP contribution is -2.10. The third-order valence-electron chi connectivity index (χ3n) is 2.51. The average Bonchev–Trinajstić information content (AvgIpc) is 2.45. The van der Waals surface area contributed by atoms with E-state index in [2.05, 4.69) is 6.58 Å². The summed E-state index contributed by atoms with van der Waals surface area (Å²) < 4.78 is 10.1. The van der Waals surface area contributed by atoms with Crippen LogP contribution in [0.1, 0.15) is 47.4 Å². The molecule has 0 aromatic heterocycles. The van der Waals surface area contributed by atoms with Gasteiger partial charge in [0.05, 0.1) is 17.7 Å². The number of hydrogen-bond acceptors (Lipinski definition) is 4. The van der Waals surface area contributed by atoms with Gasteiger partial charge in [0.25, 0.3) is 0 Å². The van der Waals surface area contributed by atoms with Crippen molar-refractivity contribution in [3.05, 3.63) is 47.5 Å². The Hall–Kier alpha value is -2.10. The molecule has 0 spiro atoms. The Morgan fingerprint density at radius 3 is 2.30 bits per heavy atom. The Balaban J connectivity index is 2.67. The molecule has 1 aromatic carbocycles. The average molecular weight is 276 g/mol. The first-order valence-electron chi connectivity index (χ1n) is 6.63. The third-order valence-corrected chi connectivity index (χ3v) is 2.51. The smallest absolute Gasteiger partial charge is 0.338 e. The zero-order valence-corrected chi connectivity index (χ0v) is 12.0. The van der Waals surface area contributed by atoms with Gasteiger partial charge < -0.3 is 9.47 Å². The highest BCUT2D eigenvalue weighted by Gasteiger charge is 2.12. The molecule has 1 aromatic rings. The molecule has 0 fully saturated rings. The first kappa shape index (κ1) is 16.0. The Morgan fingerprint density at radius 2 is 1.75 bits per heavy atom. The number of hydrogen-bond donors (Lipinski definition) is 0. The molecule has 0 aliphatic carbocycles. The number of esters is 2. The summed E-state index contributed by atoms with van der Waals surface area (Å²) in [7, 11) is 0. The van der Waals surface area contributed by atoms with E-state index in [9.17, 15) is 9.59 Å². The van der Waals surface area contributed by atoms with Gasteiger partial charge in [-0.3, -0.25) is 0 Å². The second kappa shape index (κ2) is 8.15. The van der Waals surface area contributed by atoms with Crippen molar-refractivity contribution in [3.8, 4) is 0 Å². The maximum Gasteiger partial charge on any atom is 0.338 e. The van der Waals surface area contributed by atoms with Gasteiger partial charge in [0.2, 0.25) is 0 Å². The zero-order chi connectivity index (χ0) is 15.0. The van der Waals surface area contributed by atoms with Crippen LogP contribution in [0.15, 0.2) is 36.4 Å². The van der Waals surface area contributed by atoms with E-state index in [4.69, 9.17) is 9.47 Å². The summed E-state index contributed by atoms with van der Waals surface area (Å²) in [4.78, 5) is 23.5. The van der Waals surface area contributed by atoms with E-state index in [1.54, 1.807) is 25.1 Å². The van der Waals surface area contributed by atoms with Crippen LogP contribution in [0.4, 0.5) is 0 Å². The molecule has 4 heteroatoms. The second-order valence-electron chi connectivity index (χ2n) is 4.60. The maximum absolute atomic E-state index is 11.8. The molecule has 0 atom stereocenters. The fourth-order valence-corrected chi connectivity index (χ4v) is 1.44. The van der Waals surface area contributed by atoms with Gasteiger partial charge in [-0.25, -0.2) is 9.59 Å². The van der Waals surface area contributed by atoms with Gasteiger partial charge in [-0.15, -0.1) is 0 Å². The van der Waals surface area contributed by atoms with Crippen molar-refractivity contribution >= 4 is 11.9 Å². The van der Waals surface area contributed by atoms with Crippen LogP contribution in [0.2, 0.25) is 0 Å². The third kappa shape index (κ3) is 5.26. The highest BCUT2D eigenvalue weighted by Crippen LogP contribution is 2.09. The van der Waals surface area contributed by atoms with Crippen molar-refractivity contribution in [3.63, 3.8) is 0 Å². The highest BCUT2D eigenvalue weighted by molar-refractivity contribution is 5.95. The molecule has 4 nitrogen and oxygen atoms in total. The number of benzene rings is 1. The van der Waals surface area contributed by atoms with E-state index in [-0.39, 0.29) is 6.61 Å². The van der Waals surface area contributed by atoms with Crippen LogP contribution in [-0.4, -0.2) is 25.2 Å². The predicted molar refractivity (Wildman–Crippen MR) is 76.7 cm³/mol. The normalized spacial score (nSPS) is 9.90. The van der Waals surface area contributed by atoms with Crippen molar-refractivity contribution in [2.75, 3.05) is 13.2 Å². The quantitative estimate of drug-likeness (QED) is 0.435. The molecule has 0 N–H and O–H groups in total. The molecule has 20 heavy (non-hydrogen) atoms. The molecule has 0 aliphatic rings. The highest BCUT2D eigenvalue weighted by atomic mass is 16.5. The maximum atomic E-state index is 11.8. The Bertz CT molecular complexity index is 491. The van der Waals surface area contributed by atoms with Crippen molar-refractivity contribution in [1.82, 2.24) is 0 Å². The fraction of sp³-hybridized carbons (Fsp3) is 0.375. The van der Waals surface area contributed by atoms with Crippen molar-refractivity contribution in [1.29, 1.82) is 0 Å². The van der Waals surface area contributed by atoms with Gasteiger partial charge >= 0.3 is 11.9 Å². The van der Waals surface area contributed by atoms with Crippen LogP contribution in [0.25, 0.3) is 0 Å². The van der Waals surface area contributed by atoms with Gasteiger partial charge in [-0.1, -0.05) is 26.0 Å². The Kier molecular flexibility index (Phi) is 6.50. The molecule has 0 radical (unpaired) electrons. The van der Waals surface area contributed by atoms with Gasteiger partial charge in [-0.05, 0) is 37.1 Å². The number of ether oxygens (including phenoxy) is 2.